The van der Waals surface area contributed by atoms with Crippen LogP contribution in [-0.4, -0.2) is 168 Å². The summed E-state index contributed by atoms with van der Waals surface area (Å²) in [5.74, 6) is -3.60. The Bertz CT molecular complexity index is 3490. The summed E-state index contributed by atoms with van der Waals surface area (Å²) >= 11 is 0. The molecule has 0 aromatic heterocycles. The zero-order valence-electron chi connectivity index (χ0n) is 53.4. The Morgan fingerprint density at radius 2 is 1.24 bits per heavy atom. The first-order chi connectivity index (χ1) is 44.7. The highest BCUT2D eigenvalue weighted by Gasteiger charge is 2.43. The molecule has 3 saturated heterocycles. The van der Waals surface area contributed by atoms with Crippen molar-refractivity contribution in [2.45, 2.75) is 169 Å². The molecule has 0 bridgehead atoms. The quantitative estimate of drug-likeness (QED) is 0.0420. The average Bonchev–Trinajstić information content (AvgIpc) is 1.91. The van der Waals surface area contributed by atoms with Gasteiger partial charge in [-0.1, -0.05) is 91.6 Å². The normalized spacial score (nSPS) is 21.2. The van der Waals surface area contributed by atoms with Crippen molar-refractivity contribution in [2.24, 2.45) is 11.5 Å². The topological polar surface area (TPSA) is 397 Å². The number of fused-ring (bicyclic) bond motifs is 2. The van der Waals surface area contributed by atoms with Crippen LogP contribution in [0.15, 0.2) is 131 Å². The molecule has 0 unspecified atom stereocenters. The van der Waals surface area contributed by atoms with Crippen LogP contribution in [0.25, 0.3) is 11.1 Å². The Morgan fingerprint density at radius 3 is 1.81 bits per heavy atom. The zero-order valence-corrected chi connectivity index (χ0v) is 55.1. The number of benzene rings is 5. The molecule has 25 nitrogen and oxygen atoms in total. The third-order valence-electron chi connectivity index (χ3n) is 16.2. The third-order valence-corrected chi connectivity index (χ3v) is 18.0. The van der Waals surface area contributed by atoms with E-state index in [0.29, 0.717) is 32.4 Å². The van der Waals surface area contributed by atoms with Gasteiger partial charge in [-0.3, -0.25) is 42.7 Å². The Labute approximate surface area is 549 Å². The molecule has 0 radical (unpaired) electrons. The largest absolute Gasteiger partial charge is 0.508 e. The molecule has 5 aromatic carbocycles. The molecule has 7 amide bonds. The fourth-order valence-corrected chi connectivity index (χ4v) is 11.8. The van der Waals surface area contributed by atoms with E-state index in [1.54, 1.807) is 60.7 Å². The molecule has 0 aliphatic carbocycles. The maximum atomic E-state index is 14.5. The molecule has 0 spiro atoms. The van der Waals surface area contributed by atoms with E-state index in [2.05, 4.69) is 33.5 Å². The minimum atomic E-state index is -4.02. The summed E-state index contributed by atoms with van der Waals surface area (Å²) in [5, 5.41) is 34.9. The Balaban J connectivity index is 0.000000532. The number of carbonyl (C=O) groups excluding carboxylic acids is 7. The van der Waals surface area contributed by atoms with E-state index in [1.165, 1.54) is 53.1 Å². The molecule has 3 fully saturated rings. The summed E-state index contributed by atoms with van der Waals surface area (Å²) in [6.45, 7) is 8.33. The van der Waals surface area contributed by atoms with Crippen molar-refractivity contribution in [2.75, 3.05) is 32.8 Å². The van der Waals surface area contributed by atoms with Crippen molar-refractivity contribution in [1.29, 1.82) is 0 Å². The van der Waals surface area contributed by atoms with Crippen LogP contribution in [-0.2, 0) is 55.4 Å². The van der Waals surface area contributed by atoms with Crippen LogP contribution in [0, 0.1) is 13.8 Å². The maximum Gasteiger partial charge on any atom is 0.294 e. The van der Waals surface area contributed by atoms with Crippen LogP contribution in [0.5, 0.6) is 11.5 Å². The van der Waals surface area contributed by atoms with Gasteiger partial charge in [0.2, 0.25) is 35.4 Å². The SMILES string of the molecule is CCCCCOc1ccc(-c2ccc(C(=O)N[C@H]3CCCNC(=O)[C@@H]4C[C@H](N)CN4C(=O)[C@H](CCCCN)NC(=O)[C@H](CCc4ccc(O)cc4)NC(=O)[C@@H]4CCCN4C(=O)[C@H]([C@@H](C)O)NC3=O)cc2)cc1.Cc1ccc(S(=O)(=O)O)cc1.Cc1ccc(S(=O)(=O)O)cc1. The highest BCUT2D eigenvalue weighted by atomic mass is 32.2. The number of nitrogens with one attached hydrogen (secondary N) is 5. The summed E-state index contributed by atoms with van der Waals surface area (Å²) in [7, 11) is -8.04. The molecule has 3 heterocycles. The van der Waals surface area contributed by atoms with Gasteiger partial charge in [-0.2, -0.15) is 16.8 Å². The second kappa shape index (κ2) is 35.8. The standard InChI is InChI=1S/C53H73N9O10.2C7H8O3S/c1-3-4-7-30-72-40-24-20-36(21-25-40)35-16-18-37(19-17-35)47(65)57-41-11-8-28-56-50(68)45-31-38(55)32-62(45)52(70)43(10-5-6-27-54)59-48(66)42(26-15-34-13-22-39(64)23-14-34)58-51(69)44-12-9-29-61(44)53(71)46(33(2)63)60-49(41)67;2*1-6-2-4-7(5-3-6)11(8,9)10/h13-14,16-25,33,38,41-46,63-64H,3-12,15,26-32,54-55H2,1-2H3,(H,56,68)(H,57,65)(H,58,69)(H,59,66)(H,60,67);2*2-5H,1H3,(H,8,9,10)/t33-,38+,41+,42+,43+,44+,45+,46+;;/m1../s1. The molecule has 27 heteroatoms. The van der Waals surface area contributed by atoms with E-state index in [1.807, 2.05) is 38.1 Å². The number of carbonyl (C=O) groups is 7. The number of ether oxygens (including phenoxy) is 1. The first kappa shape index (κ1) is 74.7. The van der Waals surface area contributed by atoms with E-state index < -0.39 is 110 Å². The monoisotopic (exact) mass is 1340 g/mol. The lowest BCUT2D eigenvalue weighted by Crippen LogP contribution is -2.61. The number of amides is 7. The number of phenols is 1. The van der Waals surface area contributed by atoms with Crippen LogP contribution in [0.1, 0.15) is 118 Å². The molecular weight excluding hydrogens is 1250 g/mol. The van der Waals surface area contributed by atoms with Crippen molar-refractivity contribution in [3.05, 3.63) is 144 Å². The highest BCUT2D eigenvalue weighted by molar-refractivity contribution is 7.86. The molecular formula is C67H89N9O16S2. The summed E-state index contributed by atoms with van der Waals surface area (Å²) in [4.78, 5) is 102. The van der Waals surface area contributed by atoms with Crippen molar-refractivity contribution < 1.29 is 74.5 Å². The number of nitrogens with two attached hydrogens (primary N) is 2. The third kappa shape index (κ3) is 22.7. The van der Waals surface area contributed by atoms with Gasteiger partial charge in [0.25, 0.3) is 26.1 Å². The molecule has 3 aliphatic rings. The molecule has 5 aromatic rings. The van der Waals surface area contributed by atoms with E-state index in [9.17, 15) is 60.6 Å². The molecule has 8 rings (SSSR count). The number of phenolic OH excluding ortho intramolecular Hbond substituents is 1. The van der Waals surface area contributed by atoms with Crippen LogP contribution in [0.3, 0.4) is 0 Å². The van der Waals surface area contributed by atoms with Gasteiger partial charge in [0.1, 0.15) is 47.8 Å². The van der Waals surface area contributed by atoms with Crippen molar-refractivity contribution in [1.82, 2.24) is 36.4 Å². The van der Waals surface area contributed by atoms with E-state index in [4.69, 9.17) is 25.3 Å². The number of aryl methyl sites for hydroxylation is 3. The molecule has 0 saturated carbocycles. The predicted octanol–water partition coefficient (Wildman–Crippen LogP) is 4.64. The van der Waals surface area contributed by atoms with Gasteiger partial charge in [-0.05, 0) is 175 Å². The average molecular weight is 1340 g/mol. The minimum absolute atomic E-state index is 0.00806. The Hall–Kier alpha value is -8.31. The maximum absolute atomic E-state index is 14.5. The predicted molar refractivity (Wildman–Crippen MR) is 352 cm³/mol. The van der Waals surface area contributed by atoms with Crippen LogP contribution >= 0.6 is 0 Å². The Morgan fingerprint density at radius 1 is 0.660 bits per heavy atom. The lowest BCUT2D eigenvalue weighted by molar-refractivity contribution is -0.144. The van der Waals surface area contributed by atoms with Gasteiger partial charge >= 0.3 is 0 Å². The fourth-order valence-electron chi connectivity index (χ4n) is 10.9. The van der Waals surface area contributed by atoms with Crippen molar-refractivity contribution in [3.8, 4) is 22.6 Å². The van der Waals surface area contributed by atoms with Crippen LogP contribution in [0.4, 0.5) is 0 Å². The summed E-state index contributed by atoms with van der Waals surface area (Å²) in [6, 6.07) is 25.2. The number of rotatable bonds is 18. The number of unbranched alkanes of at least 4 members (excludes halogenated alkanes) is 3. The number of aliphatic hydroxyl groups is 1. The summed E-state index contributed by atoms with van der Waals surface area (Å²) in [5.41, 5.74) is 16.9. The molecule has 94 heavy (non-hydrogen) atoms. The second-order valence-corrected chi connectivity index (χ2v) is 26.6. The van der Waals surface area contributed by atoms with Gasteiger partial charge in [-0.15, -0.1) is 0 Å². The van der Waals surface area contributed by atoms with E-state index in [0.717, 1.165) is 52.8 Å². The lowest BCUT2D eigenvalue weighted by Gasteiger charge is -2.32. The number of aromatic hydroxyl groups is 1. The van der Waals surface area contributed by atoms with Crippen molar-refractivity contribution >= 4 is 61.6 Å². The van der Waals surface area contributed by atoms with E-state index >= 15 is 0 Å². The molecule has 8 atom stereocenters. The number of aliphatic hydroxyl groups excluding tert-OH is 1. The fraction of sp³-hybridized carbons (Fsp3) is 0.448. The number of hydrogen-bond acceptors (Lipinski definition) is 16. The summed E-state index contributed by atoms with van der Waals surface area (Å²) in [6.07, 6.45) is 4.24. The molecule has 13 N–H and O–H groups in total. The smallest absolute Gasteiger partial charge is 0.294 e. The zero-order chi connectivity index (χ0) is 68.7. The molecule has 510 valence electrons. The van der Waals surface area contributed by atoms with Gasteiger partial charge in [-0.25, -0.2) is 0 Å². The second-order valence-electron chi connectivity index (χ2n) is 23.7. The highest BCUT2D eigenvalue weighted by Crippen LogP contribution is 2.26. The number of nitrogens with zero attached hydrogens (tertiary/aromatic N) is 2. The van der Waals surface area contributed by atoms with Crippen LogP contribution < -0.4 is 42.8 Å². The molecule has 3 aliphatic heterocycles. The Kier molecular flexibility index (Phi) is 28.5. The minimum Gasteiger partial charge on any atom is -0.508 e. The lowest BCUT2D eigenvalue weighted by atomic mass is 10.0. The van der Waals surface area contributed by atoms with Gasteiger partial charge < -0.3 is 62.8 Å². The van der Waals surface area contributed by atoms with Crippen molar-refractivity contribution in [3.63, 3.8) is 0 Å². The van der Waals surface area contributed by atoms with Gasteiger partial charge in [0.05, 0.1) is 22.5 Å². The van der Waals surface area contributed by atoms with E-state index in [-0.39, 0.29) is 85.7 Å². The first-order valence-corrected chi connectivity index (χ1v) is 34.5. The first-order valence-electron chi connectivity index (χ1n) is 31.6. The van der Waals surface area contributed by atoms with Gasteiger partial charge in [0, 0.05) is 31.2 Å². The van der Waals surface area contributed by atoms with Gasteiger partial charge in [0.15, 0.2) is 0 Å². The number of hydrogen-bond donors (Lipinski definition) is 11. The summed E-state index contributed by atoms with van der Waals surface area (Å²) < 4.78 is 64.9. The van der Waals surface area contributed by atoms with Crippen LogP contribution in [0.2, 0.25) is 0 Å².